The maximum atomic E-state index is 12.6. The van der Waals surface area contributed by atoms with Crippen molar-refractivity contribution in [2.24, 2.45) is 0 Å². The van der Waals surface area contributed by atoms with E-state index in [0.29, 0.717) is 0 Å². The maximum Gasteiger partial charge on any atom is 0.432 e. The van der Waals surface area contributed by atoms with Crippen molar-refractivity contribution < 1.29 is 28.2 Å². The molecule has 0 aliphatic heterocycles. The summed E-state index contributed by atoms with van der Waals surface area (Å²) in [6, 6.07) is 2.85. The Bertz CT molecular complexity index is 459. The van der Waals surface area contributed by atoms with E-state index in [2.05, 4.69) is 0 Å². The monoisotopic (exact) mass is 249 g/mol. The van der Waals surface area contributed by atoms with Crippen LogP contribution in [0.5, 0.6) is 0 Å². The van der Waals surface area contributed by atoms with Gasteiger partial charge >= 0.3 is 12.1 Å². The summed E-state index contributed by atoms with van der Waals surface area (Å²) in [5.41, 5.74) is 1.18. The van der Waals surface area contributed by atoms with Crippen LogP contribution in [0.25, 0.3) is 0 Å². The summed E-state index contributed by atoms with van der Waals surface area (Å²) >= 11 is 0. The summed E-state index contributed by atoms with van der Waals surface area (Å²) in [6.07, 6.45) is -5.32. The van der Waals surface area contributed by atoms with Crippen LogP contribution in [0.1, 0.15) is 11.1 Å². The number of rotatable bonds is 2. The topological polar surface area (TPSA) is 83.5 Å². The number of benzene rings is 1. The number of nitrogens with two attached hydrogens (primary N) is 1. The smallest absolute Gasteiger partial charge is 0.432 e. The van der Waals surface area contributed by atoms with E-state index in [1.165, 1.54) is 6.92 Å². The summed E-state index contributed by atoms with van der Waals surface area (Å²) in [5.74, 6) is -2.38. The average molecular weight is 249 g/mol. The lowest BCUT2D eigenvalue weighted by Gasteiger charge is -2.26. The van der Waals surface area contributed by atoms with E-state index in [0.717, 1.165) is 18.2 Å². The minimum atomic E-state index is -5.32. The van der Waals surface area contributed by atoms with Crippen LogP contribution in [-0.2, 0) is 10.4 Å². The van der Waals surface area contributed by atoms with Gasteiger partial charge in [0, 0.05) is 11.3 Å². The number of hydrogen-bond acceptors (Lipinski definition) is 3. The summed E-state index contributed by atoms with van der Waals surface area (Å²) < 4.78 is 37.8. The van der Waals surface area contributed by atoms with Crippen LogP contribution in [0.3, 0.4) is 0 Å². The molecule has 0 aliphatic carbocycles. The van der Waals surface area contributed by atoms with Crippen molar-refractivity contribution in [3.63, 3.8) is 0 Å². The molecule has 0 saturated heterocycles. The quantitative estimate of drug-likeness (QED) is 0.692. The molecule has 0 fully saturated rings. The highest BCUT2D eigenvalue weighted by molar-refractivity contribution is 5.80. The number of hydrogen-bond donors (Lipinski definition) is 3. The molecule has 0 saturated carbocycles. The Hall–Kier alpha value is -1.76. The molecule has 4 N–H and O–H groups in total. The van der Waals surface area contributed by atoms with E-state index >= 15 is 0 Å². The second kappa shape index (κ2) is 3.92. The lowest BCUT2D eigenvalue weighted by molar-refractivity contribution is -0.265. The van der Waals surface area contributed by atoms with Crippen molar-refractivity contribution in [2.75, 3.05) is 5.73 Å². The molecule has 0 spiro atoms. The SMILES string of the molecule is Cc1cc(C(O)(C(=O)O)C(F)(F)F)ccc1N. The van der Waals surface area contributed by atoms with Gasteiger partial charge in [0.25, 0.3) is 5.60 Å². The minimum Gasteiger partial charge on any atom is -0.479 e. The predicted molar refractivity (Wildman–Crippen MR) is 53.2 cm³/mol. The van der Waals surface area contributed by atoms with E-state index in [1.807, 2.05) is 0 Å². The Morgan fingerprint density at radius 3 is 2.24 bits per heavy atom. The van der Waals surface area contributed by atoms with Gasteiger partial charge in [0.1, 0.15) is 0 Å². The molecule has 1 aromatic carbocycles. The molecular weight excluding hydrogens is 239 g/mol. The Labute approximate surface area is 94.5 Å². The molecule has 1 atom stereocenters. The van der Waals surface area contributed by atoms with E-state index < -0.39 is 23.3 Å². The molecule has 0 bridgehead atoms. The minimum absolute atomic E-state index is 0.212. The zero-order valence-corrected chi connectivity index (χ0v) is 8.75. The first-order valence-corrected chi connectivity index (χ1v) is 4.49. The number of carboxylic acid groups (broad SMARTS) is 1. The fourth-order valence-corrected chi connectivity index (χ4v) is 1.31. The number of carbonyl (C=O) groups is 1. The number of nitrogen functional groups attached to an aromatic ring is 1. The fourth-order valence-electron chi connectivity index (χ4n) is 1.31. The Morgan fingerprint density at radius 1 is 1.35 bits per heavy atom. The van der Waals surface area contributed by atoms with Crippen molar-refractivity contribution in [1.82, 2.24) is 0 Å². The van der Waals surface area contributed by atoms with Crippen molar-refractivity contribution >= 4 is 11.7 Å². The van der Waals surface area contributed by atoms with Crippen LogP contribution in [0.15, 0.2) is 18.2 Å². The largest absolute Gasteiger partial charge is 0.479 e. The first kappa shape index (κ1) is 13.3. The molecule has 1 rings (SSSR count). The number of aliphatic carboxylic acids is 1. The van der Waals surface area contributed by atoms with Crippen LogP contribution < -0.4 is 5.73 Å². The standard InChI is InChI=1S/C10H10F3NO3/c1-5-4-6(2-3-7(5)14)9(17,8(15)16)10(11,12)13/h2-4,17H,14H2,1H3,(H,15,16). The molecule has 0 radical (unpaired) electrons. The lowest BCUT2D eigenvalue weighted by Crippen LogP contribution is -2.49. The van der Waals surface area contributed by atoms with Crippen LogP contribution in [0.4, 0.5) is 18.9 Å². The maximum absolute atomic E-state index is 12.6. The number of aliphatic hydroxyl groups is 1. The van der Waals surface area contributed by atoms with Crippen LogP contribution in [0.2, 0.25) is 0 Å². The molecule has 0 aliphatic rings. The second-order valence-corrected chi connectivity index (χ2v) is 3.58. The van der Waals surface area contributed by atoms with Crippen molar-refractivity contribution in [1.29, 1.82) is 0 Å². The van der Waals surface area contributed by atoms with Gasteiger partial charge in [-0.3, -0.25) is 0 Å². The third-order valence-corrected chi connectivity index (χ3v) is 2.41. The predicted octanol–water partition coefficient (Wildman–Crippen LogP) is 1.41. The third kappa shape index (κ3) is 2.05. The third-order valence-electron chi connectivity index (χ3n) is 2.41. The Morgan fingerprint density at radius 2 is 1.88 bits per heavy atom. The van der Waals surface area contributed by atoms with Crippen LogP contribution >= 0.6 is 0 Å². The Kier molecular flexibility index (Phi) is 3.07. The van der Waals surface area contributed by atoms with Gasteiger partial charge in [-0.2, -0.15) is 13.2 Å². The fraction of sp³-hybridized carbons (Fsp3) is 0.300. The van der Waals surface area contributed by atoms with Crippen LogP contribution in [-0.4, -0.2) is 22.4 Å². The zero-order valence-electron chi connectivity index (χ0n) is 8.75. The first-order valence-electron chi connectivity index (χ1n) is 4.49. The molecule has 1 aromatic rings. The molecule has 4 nitrogen and oxygen atoms in total. The van der Waals surface area contributed by atoms with E-state index in [-0.39, 0.29) is 11.3 Å². The molecule has 0 aromatic heterocycles. The van der Waals surface area contributed by atoms with E-state index in [4.69, 9.17) is 10.8 Å². The molecule has 1 unspecified atom stereocenters. The van der Waals surface area contributed by atoms with Gasteiger partial charge in [0.2, 0.25) is 0 Å². The van der Waals surface area contributed by atoms with Gasteiger partial charge in [-0.05, 0) is 18.6 Å². The molecule has 94 valence electrons. The molecule has 0 heterocycles. The van der Waals surface area contributed by atoms with Crippen molar-refractivity contribution in [3.8, 4) is 0 Å². The molecule has 7 heteroatoms. The van der Waals surface area contributed by atoms with Gasteiger partial charge in [-0.1, -0.05) is 12.1 Å². The van der Waals surface area contributed by atoms with E-state index in [1.54, 1.807) is 0 Å². The summed E-state index contributed by atoms with van der Waals surface area (Å²) in [4.78, 5) is 10.7. The Balaban J connectivity index is 3.44. The molecule has 17 heavy (non-hydrogen) atoms. The molecule has 0 amide bonds. The van der Waals surface area contributed by atoms with E-state index in [9.17, 15) is 23.1 Å². The number of alkyl halides is 3. The van der Waals surface area contributed by atoms with Gasteiger partial charge < -0.3 is 15.9 Å². The summed E-state index contributed by atoms with van der Waals surface area (Å²) in [5, 5.41) is 17.9. The number of anilines is 1. The summed E-state index contributed by atoms with van der Waals surface area (Å²) in [7, 11) is 0. The first-order chi connectivity index (χ1) is 7.60. The van der Waals surface area contributed by atoms with Gasteiger partial charge in [0.15, 0.2) is 0 Å². The van der Waals surface area contributed by atoms with Crippen molar-refractivity contribution in [3.05, 3.63) is 29.3 Å². The number of aryl methyl sites for hydroxylation is 1. The van der Waals surface area contributed by atoms with Gasteiger partial charge in [-0.25, -0.2) is 4.79 Å². The second-order valence-electron chi connectivity index (χ2n) is 3.58. The highest BCUT2D eigenvalue weighted by Crippen LogP contribution is 2.39. The summed E-state index contributed by atoms with van der Waals surface area (Å²) in [6.45, 7) is 1.41. The van der Waals surface area contributed by atoms with Gasteiger partial charge in [-0.15, -0.1) is 0 Å². The highest BCUT2D eigenvalue weighted by Gasteiger charge is 2.61. The number of carboxylic acids is 1. The highest BCUT2D eigenvalue weighted by atomic mass is 19.4. The number of halogens is 3. The van der Waals surface area contributed by atoms with Crippen LogP contribution in [0, 0.1) is 6.92 Å². The van der Waals surface area contributed by atoms with Crippen molar-refractivity contribution in [2.45, 2.75) is 18.7 Å². The zero-order chi connectivity index (χ0) is 13.4. The lowest BCUT2D eigenvalue weighted by atomic mass is 9.91. The van der Waals surface area contributed by atoms with Gasteiger partial charge in [0.05, 0.1) is 0 Å². The normalized spacial score (nSPS) is 15.4. The average Bonchev–Trinajstić information content (AvgIpc) is 2.19. The molecular formula is C10H10F3NO3.